The highest BCUT2D eigenvalue weighted by atomic mass is 16.5. The van der Waals surface area contributed by atoms with E-state index in [4.69, 9.17) is 9.47 Å². The van der Waals surface area contributed by atoms with E-state index in [1.807, 2.05) is 0 Å². The van der Waals surface area contributed by atoms with Crippen LogP contribution in [0, 0.1) is 5.92 Å². The molecule has 0 aromatic heterocycles. The SMILES string of the molecule is CCCCCCCC(CCCCCCC)COC(=O)CCCC(O)CCCC(=O)OC(CCCCCCC)CCCCCCC. The van der Waals surface area contributed by atoms with E-state index in [1.165, 1.54) is 116 Å². The first-order chi connectivity index (χ1) is 22.0. The van der Waals surface area contributed by atoms with Gasteiger partial charge in [-0.25, -0.2) is 0 Å². The van der Waals surface area contributed by atoms with Crippen LogP contribution in [0.2, 0.25) is 0 Å². The van der Waals surface area contributed by atoms with Crippen molar-refractivity contribution in [3.05, 3.63) is 0 Å². The number of hydrogen-bond donors (Lipinski definition) is 1. The Bertz CT molecular complexity index is 608. The van der Waals surface area contributed by atoms with Crippen LogP contribution in [-0.2, 0) is 19.1 Å². The van der Waals surface area contributed by atoms with Crippen LogP contribution in [0.5, 0.6) is 0 Å². The van der Waals surface area contributed by atoms with Gasteiger partial charge in [0.2, 0.25) is 0 Å². The molecule has 0 aliphatic carbocycles. The molecule has 45 heavy (non-hydrogen) atoms. The third-order valence-corrected chi connectivity index (χ3v) is 9.31. The molecule has 0 aromatic rings. The third-order valence-electron chi connectivity index (χ3n) is 9.31. The minimum Gasteiger partial charge on any atom is -0.465 e. The quantitative estimate of drug-likeness (QED) is 0.0552. The Kier molecular flexibility index (Phi) is 33.4. The molecule has 1 atom stereocenters. The van der Waals surface area contributed by atoms with Gasteiger partial charge >= 0.3 is 11.9 Å². The molecule has 5 nitrogen and oxygen atoms in total. The fourth-order valence-corrected chi connectivity index (χ4v) is 6.23. The van der Waals surface area contributed by atoms with Crippen molar-refractivity contribution in [2.45, 2.75) is 233 Å². The maximum Gasteiger partial charge on any atom is 0.306 e. The normalized spacial score (nSPS) is 12.2. The van der Waals surface area contributed by atoms with Crippen LogP contribution in [0.3, 0.4) is 0 Å². The molecule has 1 unspecified atom stereocenters. The molecule has 0 radical (unpaired) electrons. The van der Waals surface area contributed by atoms with Gasteiger partial charge in [0.25, 0.3) is 0 Å². The molecule has 0 bridgehead atoms. The smallest absolute Gasteiger partial charge is 0.306 e. The zero-order valence-corrected chi connectivity index (χ0v) is 30.7. The van der Waals surface area contributed by atoms with E-state index in [0.29, 0.717) is 51.0 Å². The number of esters is 2. The largest absolute Gasteiger partial charge is 0.465 e. The summed E-state index contributed by atoms with van der Waals surface area (Å²) in [7, 11) is 0. The summed E-state index contributed by atoms with van der Waals surface area (Å²) in [6.45, 7) is 9.50. The molecule has 0 aromatic carbocycles. The van der Waals surface area contributed by atoms with Gasteiger partial charge in [-0.2, -0.15) is 0 Å². The zero-order valence-electron chi connectivity index (χ0n) is 30.7. The minimum absolute atomic E-state index is 0.0402. The first-order valence-corrected chi connectivity index (χ1v) is 20.0. The second-order valence-corrected chi connectivity index (χ2v) is 13.9. The minimum atomic E-state index is -0.488. The zero-order chi connectivity index (χ0) is 33.2. The van der Waals surface area contributed by atoms with Crippen LogP contribution in [-0.4, -0.2) is 35.9 Å². The van der Waals surface area contributed by atoms with Gasteiger partial charge in [0.15, 0.2) is 0 Å². The van der Waals surface area contributed by atoms with E-state index in [9.17, 15) is 14.7 Å². The summed E-state index contributed by atoms with van der Waals surface area (Å²) in [5.41, 5.74) is 0. The molecule has 0 aliphatic heterocycles. The van der Waals surface area contributed by atoms with Crippen LogP contribution in [0.25, 0.3) is 0 Å². The van der Waals surface area contributed by atoms with Gasteiger partial charge in [0.05, 0.1) is 12.7 Å². The highest BCUT2D eigenvalue weighted by Gasteiger charge is 2.16. The van der Waals surface area contributed by atoms with Gasteiger partial charge < -0.3 is 14.6 Å². The fourth-order valence-electron chi connectivity index (χ4n) is 6.23. The molecular formula is C40H78O5. The van der Waals surface area contributed by atoms with E-state index in [-0.39, 0.29) is 18.0 Å². The highest BCUT2D eigenvalue weighted by Crippen LogP contribution is 2.21. The van der Waals surface area contributed by atoms with Crippen molar-refractivity contribution in [2.75, 3.05) is 6.61 Å². The monoisotopic (exact) mass is 639 g/mol. The number of aliphatic hydroxyl groups is 1. The molecule has 0 fully saturated rings. The second-order valence-electron chi connectivity index (χ2n) is 13.9. The van der Waals surface area contributed by atoms with Crippen LogP contribution in [0.4, 0.5) is 0 Å². The van der Waals surface area contributed by atoms with Crippen molar-refractivity contribution in [3.8, 4) is 0 Å². The van der Waals surface area contributed by atoms with Gasteiger partial charge in [-0.15, -0.1) is 0 Å². The van der Waals surface area contributed by atoms with Gasteiger partial charge in [-0.3, -0.25) is 9.59 Å². The van der Waals surface area contributed by atoms with Gasteiger partial charge in [-0.05, 0) is 70.1 Å². The molecule has 0 saturated carbocycles. The molecule has 268 valence electrons. The van der Waals surface area contributed by atoms with E-state index >= 15 is 0 Å². The molecule has 1 N–H and O–H groups in total. The molecular weight excluding hydrogens is 560 g/mol. The number of unbranched alkanes of at least 4 members (excludes halogenated alkanes) is 16. The third kappa shape index (κ3) is 31.3. The van der Waals surface area contributed by atoms with Crippen LogP contribution in [0.1, 0.15) is 220 Å². The summed E-state index contributed by atoms with van der Waals surface area (Å²) in [5.74, 6) is 0.218. The summed E-state index contributed by atoms with van der Waals surface area (Å²) in [6.07, 6.45) is 32.0. The Labute approximate surface area is 280 Å². The Balaban J connectivity index is 4.27. The second kappa shape index (κ2) is 34.2. The highest BCUT2D eigenvalue weighted by molar-refractivity contribution is 5.69. The predicted octanol–water partition coefficient (Wildman–Crippen LogP) is 12.2. The first-order valence-electron chi connectivity index (χ1n) is 20.0. The standard InChI is InChI=1S/C40H78O5/c1-5-9-13-17-21-27-36(28-22-18-14-10-6-2)35-44-39(42)33-25-29-37(41)30-26-34-40(43)45-38(31-23-19-15-11-7-3)32-24-20-16-12-8-4/h36-38,41H,5-35H2,1-4H3. The van der Waals surface area contributed by atoms with Gasteiger partial charge in [0, 0.05) is 12.8 Å². The van der Waals surface area contributed by atoms with Crippen LogP contribution >= 0.6 is 0 Å². The molecule has 0 amide bonds. The lowest BCUT2D eigenvalue weighted by Crippen LogP contribution is -2.19. The van der Waals surface area contributed by atoms with Crippen molar-refractivity contribution in [3.63, 3.8) is 0 Å². The van der Waals surface area contributed by atoms with Crippen molar-refractivity contribution < 1.29 is 24.2 Å². The fraction of sp³-hybridized carbons (Fsp3) is 0.950. The summed E-state index contributed by atoms with van der Waals surface area (Å²) >= 11 is 0. The number of hydrogen-bond acceptors (Lipinski definition) is 5. The maximum atomic E-state index is 12.6. The van der Waals surface area contributed by atoms with Gasteiger partial charge in [-0.1, -0.05) is 143 Å². The summed E-state index contributed by atoms with van der Waals surface area (Å²) in [5, 5.41) is 10.5. The molecule has 5 heteroatoms. The topological polar surface area (TPSA) is 72.8 Å². The van der Waals surface area contributed by atoms with Crippen LogP contribution in [0.15, 0.2) is 0 Å². The van der Waals surface area contributed by atoms with E-state index in [1.54, 1.807) is 0 Å². The van der Waals surface area contributed by atoms with Crippen molar-refractivity contribution in [1.82, 2.24) is 0 Å². The first kappa shape index (κ1) is 43.9. The van der Waals surface area contributed by atoms with Crippen molar-refractivity contribution in [2.24, 2.45) is 5.92 Å². The lowest BCUT2D eigenvalue weighted by Gasteiger charge is -2.18. The lowest BCUT2D eigenvalue weighted by molar-refractivity contribution is -0.150. The number of aliphatic hydroxyl groups excluding tert-OH is 1. The maximum absolute atomic E-state index is 12.6. The number of ether oxygens (including phenoxy) is 2. The van der Waals surface area contributed by atoms with Crippen LogP contribution < -0.4 is 0 Å². The Morgan fingerprint density at radius 3 is 1.27 bits per heavy atom. The lowest BCUT2D eigenvalue weighted by atomic mass is 9.95. The summed E-state index contributed by atoms with van der Waals surface area (Å²) in [6, 6.07) is 0. The Hall–Kier alpha value is -1.10. The number of carbonyl (C=O) groups excluding carboxylic acids is 2. The van der Waals surface area contributed by atoms with E-state index in [0.717, 1.165) is 38.5 Å². The molecule has 0 heterocycles. The van der Waals surface area contributed by atoms with E-state index in [2.05, 4.69) is 27.7 Å². The predicted molar refractivity (Wildman–Crippen MR) is 192 cm³/mol. The Morgan fingerprint density at radius 2 is 0.844 bits per heavy atom. The Morgan fingerprint density at radius 1 is 0.467 bits per heavy atom. The average Bonchev–Trinajstić information content (AvgIpc) is 3.02. The summed E-state index contributed by atoms with van der Waals surface area (Å²) < 4.78 is 11.6. The molecule has 0 spiro atoms. The van der Waals surface area contributed by atoms with Crippen molar-refractivity contribution in [1.29, 1.82) is 0 Å². The molecule has 0 aliphatic rings. The van der Waals surface area contributed by atoms with E-state index < -0.39 is 6.10 Å². The molecule has 0 saturated heterocycles. The molecule has 0 rings (SSSR count). The summed E-state index contributed by atoms with van der Waals surface area (Å²) in [4.78, 5) is 25.0. The van der Waals surface area contributed by atoms with Crippen molar-refractivity contribution >= 4 is 11.9 Å². The van der Waals surface area contributed by atoms with Gasteiger partial charge in [0.1, 0.15) is 6.10 Å². The average molecular weight is 639 g/mol. The number of rotatable bonds is 35. The number of carbonyl (C=O) groups is 2.